The number of rotatable bonds is 5. The molecule has 0 aromatic heterocycles. The fourth-order valence-electron chi connectivity index (χ4n) is 2.92. The van der Waals surface area contributed by atoms with Gasteiger partial charge in [-0.1, -0.05) is 35.0 Å². The first-order valence-electron chi connectivity index (χ1n) is 9.26. The largest absolute Gasteiger partial charge is 0.490 e. The summed E-state index contributed by atoms with van der Waals surface area (Å²) in [7, 11) is 0. The zero-order chi connectivity index (χ0) is 21.1. The summed E-state index contributed by atoms with van der Waals surface area (Å²) < 4.78 is 6.55. The summed E-state index contributed by atoms with van der Waals surface area (Å²) >= 11 is 3.39. The van der Waals surface area contributed by atoms with E-state index < -0.39 is 17.8 Å². The number of aryl methyl sites for hydroxylation is 1. The van der Waals surface area contributed by atoms with Crippen LogP contribution in [0, 0.1) is 0 Å². The standard InChI is InChI=1S/C22H21BrN2O4/c1-4-14-5-8-17(9-6-14)25-21(27)18(20(26)24-22(25)28)12-15-11-16(23)7-10-19(15)29-13(2)3/h5-13H,4H2,1-3H3,(H,24,26,28)/b18-12+. The summed E-state index contributed by atoms with van der Waals surface area (Å²) in [6.07, 6.45) is 2.20. The Balaban J connectivity index is 2.02. The van der Waals surface area contributed by atoms with Crippen molar-refractivity contribution in [1.29, 1.82) is 0 Å². The molecule has 6 nitrogen and oxygen atoms in total. The first-order chi connectivity index (χ1) is 13.8. The molecule has 1 aliphatic heterocycles. The molecule has 1 heterocycles. The lowest BCUT2D eigenvalue weighted by Gasteiger charge is -2.26. The third kappa shape index (κ3) is 4.56. The third-order valence-corrected chi connectivity index (χ3v) is 4.83. The fraction of sp³-hybridized carbons (Fsp3) is 0.227. The van der Waals surface area contributed by atoms with Crippen LogP contribution >= 0.6 is 15.9 Å². The highest BCUT2D eigenvalue weighted by atomic mass is 79.9. The fourth-order valence-corrected chi connectivity index (χ4v) is 3.30. The van der Waals surface area contributed by atoms with E-state index >= 15 is 0 Å². The molecule has 4 amide bonds. The monoisotopic (exact) mass is 456 g/mol. The van der Waals surface area contributed by atoms with E-state index in [0.717, 1.165) is 21.4 Å². The Morgan fingerprint density at radius 3 is 2.41 bits per heavy atom. The van der Waals surface area contributed by atoms with Crippen LogP contribution in [0.25, 0.3) is 6.08 Å². The number of carbonyl (C=O) groups is 3. The van der Waals surface area contributed by atoms with Gasteiger partial charge in [0.1, 0.15) is 11.3 Å². The Morgan fingerprint density at radius 1 is 1.10 bits per heavy atom. The van der Waals surface area contributed by atoms with E-state index in [1.54, 1.807) is 24.3 Å². The van der Waals surface area contributed by atoms with E-state index in [-0.39, 0.29) is 11.7 Å². The molecule has 0 spiro atoms. The highest BCUT2D eigenvalue weighted by Crippen LogP contribution is 2.28. The number of ether oxygens (including phenoxy) is 1. The summed E-state index contributed by atoms with van der Waals surface area (Å²) in [6.45, 7) is 5.79. The smallest absolute Gasteiger partial charge is 0.335 e. The molecule has 1 fully saturated rings. The molecule has 7 heteroatoms. The molecule has 150 valence electrons. The van der Waals surface area contributed by atoms with Gasteiger partial charge in [0.2, 0.25) is 0 Å². The maximum atomic E-state index is 13.0. The van der Waals surface area contributed by atoms with Crippen molar-refractivity contribution in [2.24, 2.45) is 0 Å². The lowest BCUT2D eigenvalue weighted by molar-refractivity contribution is -0.122. The second-order valence-corrected chi connectivity index (χ2v) is 7.74. The molecular weight excluding hydrogens is 436 g/mol. The number of benzene rings is 2. The van der Waals surface area contributed by atoms with Crippen molar-refractivity contribution in [2.75, 3.05) is 4.90 Å². The zero-order valence-corrected chi connectivity index (χ0v) is 17.9. The molecule has 0 unspecified atom stereocenters. The number of anilines is 1. The predicted molar refractivity (Wildman–Crippen MR) is 115 cm³/mol. The van der Waals surface area contributed by atoms with Crippen molar-refractivity contribution in [3.63, 3.8) is 0 Å². The minimum absolute atomic E-state index is 0.0839. The number of amides is 4. The lowest BCUT2D eigenvalue weighted by atomic mass is 10.1. The zero-order valence-electron chi connectivity index (χ0n) is 16.4. The summed E-state index contributed by atoms with van der Waals surface area (Å²) in [4.78, 5) is 38.8. The summed E-state index contributed by atoms with van der Waals surface area (Å²) in [6, 6.07) is 11.6. The maximum Gasteiger partial charge on any atom is 0.335 e. The molecule has 2 aromatic rings. The average Bonchev–Trinajstić information content (AvgIpc) is 2.67. The minimum Gasteiger partial charge on any atom is -0.490 e. The van der Waals surface area contributed by atoms with Gasteiger partial charge in [0.25, 0.3) is 11.8 Å². The summed E-state index contributed by atoms with van der Waals surface area (Å²) in [5.74, 6) is -0.887. The van der Waals surface area contributed by atoms with Crippen molar-refractivity contribution >= 4 is 45.5 Å². The maximum absolute atomic E-state index is 13.0. The van der Waals surface area contributed by atoms with E-state index in [9.17, 15) is 14.4 Å². The molecule has 0 bridgehead atoms. The minimum atomic E-state index is -0.769. The first-order valence-corrected chi connectivity index (χ1v) is 10.1. The Kier molecular flexibility index (Phi) is 6.17. The highest BCUT2D eigenvalue weighted by molar-refractivity contribution is 9.10. The van der Waals surface area contributed by atoms with Crippen molar-refractivity contribution in [3.05, 3.63) is 63.6 Å². The van der Waals surface area contributed by atoms with Gasteiger partial charge in [0.15, 0.2) is 0 Å². The Bertz CT molecular complexity index is 996. The SMILES string of the molecule is CCc1ccc(N2C(=O)NC(=O)/C(=C\c3cc(Br)ccc3OC(C)C)C2=O)cc1. The molecule has 3 rings (SSSR count). The molecule has 0 aliphatic carbocycles. The topological polar surface area (TPSA) is 75.7 Å². The van der Waals surface area contributed by atoms with E-state index in [1.807, 2.05) is 39.0 Å². The number of carbonyl (C=O) groups excluding carboxylic acids is 3. The lowest BCUT2D eigenvalue weighted by Crippen LogP contribution is -2.54. The van der Waals surface area contributed by atoms with Crippen LogP contribution in [0.1, 0.15) is 31.9 Å². The van der Waals surface area contributed by atoms with Gasteiger partial charge in [0, 0.05) is 10.0 Å². The molecule has 1 N–H and O–H groups in total. The second-order valence-electron chi connectivity index (χ2n) is 6.83. The Hall–Kier alpha value is -2.93. The molecule has 0 radical (unpaired) electrons. The summed E-state index contributed by atoms with van der Waals surface area (Å²) in [5.41, 5.74) is 1.89. The van der Waals surface area contributed by atoms with Gasteiger partial charge >= 0.3 is 6.03 Å². The number of urea groups is 1. The molecule has 0 atom stereocenters. The van der Waals surface area contributed by atoms with Gasteiger partial charge in [-0.05, 0) is 62.2 Å². The van der Waals surface area contributed by atoms with E-state index in [1.165, 1.54) is 6.08 Å². The van der Waals surface area contributed by atoms with Gasteiger partial charge in [-0.2, -0.15) is 0 Å². The van der Waals surface area contributed by atoms with E-state index in [2.05, 4.69) is 21.2 Å². The first kappa shape index (κ1) is 20.8. The van der Waals surface area contributed by atoms with Crippen LogP contribution in [-0.4, -0.2) is 23.9 Å². The van der Waals surface area contributed by atoms with Crippen LogP contribution in [0.15, 0.2) is 52.5 Å². The number of nitrogens with zero attached hydrogens (tertiary/aromatic N) is 1. The third-order valence-electron chi connectivity index (χ3n) is 4.34. The van der Waals surface area contributed by atoms with Gasteiger partial charge in [0.05, 0.1) is 11.8 Å². The average molecular weight is 457 g/mol. The van der Waals surface area contributed by atoms with Crippen molar-refractivity contribution in [1.82, 2.24) is 5.32 Å². The van der Waals surface area contributed by atoms with Crippen LogP contribution in [0.2, 0.25) is 0 Å². The number of imide groups is 2. The number of hydrogen-bond acceptors (Lipinski definition) is 4. The number of halogens is 1. The number of barbiturate groups is 1. The van der Waals surface area contributed by atoms with Crippen molar-refractivity contribution < 1.29 is 19.1 Å². The van der Waals surface area contributed by atoms with E-state index in [0.29, 0.717) is 17.0 Å². The molecule has 0 saturated carbocycles. The quantitative estimate of drug-likeness (QED) is 0.531. The van der Waals surface area contributed by atoms with Crippen LogP contribution in [-0.2, 0) is 16.0 Å². The normalized spacial score (nSPS) is 15.8. The van der Waals surface area contributed by atoms with Gasteiger partial charge in [-0.15, -0.1) is 0 Å². The Morgan fingerprint density at radius 2 is 1.79 bits per heavy atom. The van der Waals surface area contributed by atoms with Crippen LogP contribution in [0.4, 0.5) is 10.5 Å². The predicted octanol–water partition coefficient (Wildman–Crippen LogP) is 4.47. The molecular formula is C22H21BrN2O4. The van der Waals surface area contributed by atoms with Crippen molar-refractivity contribution in [3.8, 4) is 5.75 Å². The molecule has 1 saturated heterocycles. The molecule has 1 aliphatic rings. The second kappa shape index (κ2) is 8.61. The van der Waals surface area contributed by atoms with Crippen LogP contribution < -0.4 is 15.0 Å². The van der Waals surface area contributed by atoms with Crippen LogP contribution in [0.5, 0.6) is 5.75 Å². The van der Waals surface area contributed by atoms with E-state index in [4.69, 9.17) is 4.74 Å². The summed E-state index contributed by atoms with van der Waals surface area (Å²) in [5, 5.41) is 2.24. The molecule has 29 heavy (non-hydrogen) atoms. The van der Waals surface area contributed by atoms with Crippen LogP contribution in [0.3, 0.4) is 0 Å². The number of hydrogen-bond donors (Lipinski definition) is 1. The Labute approximate surface area is 177 Å². The van der Waals surface area contributed by atoms with Gasteiger partial charge < -0.3 is 4.74 Å². The van der Waals surface area contributed by atoms with Gasteiger partial charge in [-0.3, -0.25) is 14.9 Å². The van der Waals surface area contributed by atoms with Gasteiger partial charge in [-0.25, -0.2) is 9.69 Å². The van der Waals surface area contributed by atoms with Crippen molar-refractivity contribution in [2.45, 2.75) is 33.3 Å². The molecule has 2 aromatic carbocycles. The number of nitrogens with one attached hydrogen (secondary N) is 1. The highest BCUT2D eigenvalue weighted by Gasteiger charge is 2.37.